The van der Waals surface area contributed by atoms with Gasteiger partial charge in [-0.1, -0.05) is 11.6 Å². The summed E-state index contributed by atoms with van der Waals surface area (Å²) in [6.45, 7) is 0.258. The van der Waals surface area contributed by atoms with Gasteiger partial charge in [0, 0.05) is 36.9 Å². The average molecular weight is 315 g/mol. The minimum atomic E-state index is -3.67. The third kappa shape index (κ3) is 3.30. The summed E-state index contributed by atoms with van der Waals surface area (Å²) in [5.74, 6) is 0. The number of nitrogens with two attached hydrogens (primary N) is 1. The Kier molecular flexibility index (Phi) is 4.32. The molecule has 0 saturated carbocycles. The summed E-state index contributed by atoms with van der Waals surface area (Å²) in [4.78, 5) is -0.00462. The second kappa shape index (κ2) is 5.82. The van der Waals surface area contributed by atoms with Crippen LogP contribution in [0.4, 0.5) is 5.69 Å². The van der Waals surface area contributed by atoms with Crippen LogP contribution in [0.1, 0.15) is 5.69 Å². The molecule has 0 atom stereocenters. The van der Waals surface area contributed by atoms with Gasteiger partial charge in [0.15, 0.2) is 0 Å². The van der Waals surface area contributed by atoms with Crippen molar-refractivity contribution in [3.63, 3.8) is 0 Å². The fourth-order valence-corrected chi connectivity index (χ4v) is 3.20. The minimum absolute atomic E-state index is 0.00462. The van der Waals surface area contributed by atoms with Crippen molar-refractivity contribution in [3.05, 3.63) is 41.2 Å². The van der Waals surface area contributed by atoms with Crippen molar-refractivity contribution in [3.8, 4) is 0 Å². The summed E-state index contributed by atoms with van der Waals surface area (Å²) in [7, 11) is -1.86. The first-order valence-electron chi connectivity index (χ1n) is 5.92. The molecule has 0 amide bonds. The van der Waals surface area contributed by atoms with Gasteiger partial charge in [0.25, 0.3) is 0 Å². The van der Waals surface area contributed by atoms with Crippen LogP contribution in [0.15, 0.2) is 35.4 Å². The molecule has 2 rings (SSSR count). The lowest BCUT2D eigenvalue weighted by Gasteiger charge is -2.09. The summed E-state index contributed by atoms with van der Waals surface area (Å²) in [5, 5.41) is 4.34. The molecule has 0 radical (unpaired) electrons. The Morgan fingerprint density at radius 3 is 2.80 bits per heavy atom. The molecule has 0 spiro atoms. The first-order valence-corrected chi connectivity index (χ1v) is 7.78. The lowest BCUT2D eigenvalue weighted by Crippen LogP contribution is -2.27. The zero-order valence-electron chi connectivity index (χ0n) is 10.9. The van der Waals surface area contributed by atoms with Gasteiger partial charge in [-0.3, -0.25) is 4.68 Å². The van der Waals surface area contributed by atoms with E-state index in [1.807, 2.05) is 6.07 Å². The van der Waals surface area contributed by atoms with Crippen LogP contribution in [0.25, 0.3) is 0 Å². The topological polar surface area (TPSA) is 90.0 Å². The summed E-state index contributed by atoms with van der Waals surface area (Å²) >= 11 is 5.80. The zero-order valence-corrected chi connectivity index (χ0v) is 12.4. The Balaban J connectivity index is 2.08. The first-order chi connectivity index (χ1) is 9.40. The predicted octanol–water partition coefficient (Wildman–Crippen LogP) is 1.18. The Morgan fingerprint density at radius 1 is 1.40 bits per heavy atom. The van der Waals surface area contributed by atoms with E-state index < -0.39 is 10.0 Å². The van der Waals surface area contributed by atoms with Crippen LogP contribution in [0.3, 0.4) is 0 Å². The third-order valence-corrected chi connectivity index (χ3v) is 4.61. The van der Waals surface area contributed by atoms with E-state index in [-0.39, 0.29) is 17.1 Å². The molecule has 6 nitrogen and oxygen atoms in total. The van der Waals surface area contributed by atoms with Crippen LogP contribution in [0.2, 0.25) is 5.02 Å². The monoisotopic (exact) mass is 314 g/mol. The van der Waals surface area contributed by atoms with E-state index in [9.17, 15) is 8.42 Å². The highest BCUT2D eigenvalue weighted by Crippen LogP contribution is 2.22. The van der Waals surface area contributed by atoms with Gasteiger partial charge in [-0.15, -0.1) is 0 Å². The molecule has 0 aliphatic heterocycles. The second-order valence-corrected chi connectivity index (χ2v) is 6.45. The number of rotatable bonds is 5. The molecule has 1 aromatic heterocycles. The molecule has 108 valence electrons. The van der Waals surface area contributed by atoms with Crippen molar-refractivity contribution >= 4 is 27.3 Å². The van der Waals surface area contributed by atoms with Crippen LogP contribution in [0.5, 0.6) is 0 Å². The molecule has 0 saturated heterocycles. The van der Waals surface area contributed by atoms with E-state index in [4.69, 9.17) is 17.3 Å². The maximum absolute atomic E-state index is 12.1. The van der Waals surface area contributed by atoms with Gasteiger partial charge in [-0.2, -0.15) is 5.10 Å². The molecule has 0 bridgehead atoms. The van der Waals surface area contributed by atoms with E-state index in [0.717, 1.165) is 5.69 Å². The molecule has 1 heterocycles. The third-order valence-electron chi connectivity index (χ3n) is 2.86. The Labute approximate surface area is 122 Å². The highest BCUT2D eigenvalue weighted by atomic mass is 35.5. The van der Waals surface area contributed by atoms with Crippen LogP contribution in [0, 0.1) is 0 Å². The lowest BCUT2D eigenvalue weighted by molar-refractivity contribution is 0.580. The van der Waals surface area contributed by atoms with Crippen molar-refractivity contribution in [2.24, 2.45) is 7.05 Å². The van der Waals surface area contributed by atoms with E-state index >= 15 is 0 Å². The van der Waals surface area contributed by atoms with Crippen LogP contribution in [-0.4, -0.2) is 24.7 Å². The van der Waals surface area contributed by atoms with Crippen LogP contribution in [-0.2, 0) is 23.5 Å². The lowest BCUT2D eigenvalue weighted by atomic mass is 10.3. The molecule has 1 aromatic carbocycles. The number of sulfonamides is 1. The van der Waals surface area contributed by atoms with E-state index in [0.29, 0.717) is 11.4 Å². The quantitative estimate of drug-likeness (QED) is 0.811. The minimum Gasteiger partial charge on any atom is -0.398 e. The SMILES string of the molecule is Cn1nccc1CCNS(=O)(=O)c1cc(Cl)ccc1N. The van der Waals surface area contributed by atoms with Gasteiger partial charge in [0.1, 0.15) is 4.90 Å². The molecular weight excluding hydrogens is 300 g/mol. The maximum Gasteiger partial charge on any atom is 0.242 e. The van der Waals surface area contributed by atoms with Crippen molar-refractivity contribution < 1.29 is 8.42 Å². The normalized spacial score (nSPS) is 11.7. The van der Waals surface area contributed by atoms with Crippen LogP contribution >= 0.6 is 11.6 Å². The van der Waals surface area contributed by atoms with E-state index in [1.165, 1.54) is 12.1 Å². The predicted molar refractivity (Wildman–Crippen MR) is 78.0 cm³/mol. The van der Waals surface area contributed by atoms with Gasteiger partial charge in [0.05, 0.1) is 5.69 Å². The molecular formula is C12H15ClN4O2S. The Hall–Kier alpha value is -1.57. The summed E-state index contributed by atoms with van der Waals surface area (Å²) in [6, 6.07) is 6.19. The fourth-order valence-electron chi connectivity index (χ4n) is 1.78. The first kappa shape index (κ1) is 14.8. The van der Waals surface area contributed by atoms with Gasteiger partial charge >= 0.3 is 0 Å². The standard InChI is InChI=1S/C12H15ClN4O2S/c1-17-10(4-6-15-17)5-7-16-20(18,19)12-8-9(13)2-3-11(12)14/h2-4,6,8,16H,5,7,14H2,1H3. The number of nitrogen functional groups attached to an aromatic ring is 1. The van der Waals surface area contributed by atoms with Gasteiger partial charge in [0.2, 0.25) is 10.0 Å². The second-order valence-electron chi connectivity index (χ2n) is 4.28. The number of nitrogens with zero attached hydrogens (tertiary/aromatic N) is 2. The van der Waals surface area contributed by atoms with Gasteiger partial charge in [-0.25, -0.2) is 13.1 Å². The highest BCUT2D eigenvalue weighted by molar-refractivity contribution is 7.89. The number of nitrogens with one attached hydrogen (secondary N) is 1. The highest BCUT2D eigenvalue weighted by Gasteiger charge is 2.17. The Morgan fingerprint density at radius 2 is 2.15 bits per heavy atom. The van der Waals surface area contributed by atoms with Crippen molar-refractivity contribution in [2.45, 2.75) is 11.3 Å². The molecule has 3 N–H and O–H groups in total. The zero-order chi connectivity index (χ0) is 14.8. The summed E-state index contributed by atoms with van der Waals surface area (Å²) in [6.07, 6.45) is 2.20. The molecule has 0 aliphatic rings. The molecule has 0 aliphatic carbocycles. The number of aromatic nitrogens is 2. The number of benzene rings is 1. The molecule has 8 heteroatoms. The van der Waals surface area contributed by atoms with Crippen molar-refractivity contribution in [2.75, 3.05) is 12.3 Å². The number of anilines is 1. The Bertz CT molecular complexity index is 712. The average Bonchev–Trinajstić information content (AvgIpc) is 2.78. The molecule has 0 fully saturated rings. The van der Waals surface area contributed by atoms with E-state index in [1.54, 1.807) is 24.0 Å². The van der Waals surface area contributed by atoms with Gasteiger partial charge in [-0.05, 0) is 24.3 Å². The smallest absolute Gasteiger partial charge is 0.242 e. The number of halogens is 1. The van der Waals surface area contributed by atoms with Crippen molar-refractivity contribution in [1.29, 1.82) is 0 Å². The van der Waals surface area contributed by atoms with E-state index in [2.05, 4.69) is 9.82 Å². The number of hydrogen-bond acceptors (Lipinski definition) is 4. The molecule has 0 unspecified atom stereocenters. The van der Waals surface area contributed by atoms with Crippen LogP contribution < -0.4 is 10.5 Å². The van der Waals surface area contributed by atoms with Crippen molar-refractivity contribution in [1.82, 2.24) is 14.5 Å². The number of aryl methyl sites for hydroxylation is 1. The fraction of sp³-hybridized carbons (Fsp3) is 0.250. The largest absolute Gasteiger partial charge is 0.398 e. The number of hydrogen-bond donors (Lipinski definition) is 2. The molecule has 2 aromatic rings. The molecule has 20 heavy (non-hydrogen) atoms. The maximum atomic E-state index is 12.1. The summed E-state index contributed by atoms with van der Waals surface area (Å²) in [5.41, 5.74) is 6.78. The van der Waals surface area contributed by atoms with Gasteiger partial charge < -0.3 is 5.73 Å². The summed E-state index contributed by atoms with van der Waals surface area (Å²) < 4.78 is 28.5.